The lowest BCUT2D eigenvalue weighted by atomic mass is 10.0. The molecule has 0 aliphatic carbocycles. The van der Waals surface area contributed by atoms with Gasteiger partial charge in [0, 0.05) is 23.7 Å². The molecule has 3 aromatic rings. The largest absolute Gasteiger partial charge is 0.490 e. The van der Waals surface area contributed by atoms with Gasteiger partial charge in [-0.25, -0.2) is 0 Å². The highest BCUT2D eigenvalue weighted by atomic mass is 16.5. The van der Waals surface area contributed by atoms with Crippen molar-refractivity contribution < 1.29 is 29.0 Å². The van der Waals surface area contributed by atoms with Crippen molar-refractivity contribution in [1.29, 1.82) is 0 Å². The van der Waals surface area contributed by atoms with Crippen LogP contribution in [0.3, 0.4) is 0 Å². The number of carbonyl (C=O) groups excluding carboxylic acids is 2. The molecule has 3 N–H and O–H groups in total. The Morgan fingerprint density at radius 3 is 2.27 bits per heavy atom. The van der Waals surface area contributed by atoms with Crippen LogP contribution in [0.4, 0.5) is 5.69 Å². The average molecular weight is 412 g/mol. The molecule has 2 heterocycles. The lowest BCUT2D eigenvalue weighted by Gasteiger charge is -2.11. The minimum Gasteiger partial charge on any atom is -0.490 e. The van der Waals surface area contributed by atoms with Crippen LogP contribution in [-0.2, 0) is 11.8 Å². The number of rotatable bonds is 7. The van der Waals surface area contributed by atoms with Gasteiger partial charge in [0.2, 0.25) is 5.91 Å². The second-order valence-corrected chi connectivity index (χ2v) is 6.30. The monoisotopic (exact) mass is 412 g/mol. The Labute approximate surface area is 172 Å². The van der Waals surface area contributed by atoms with E-state index in [0.29, 0.717) is 28.4 Å². The van der Waals surface area contributed by atoms with Crippen LogP contribution in [-0.4, -0.2) is 47.6 Å². The summed E-state index contributed by atoms with van der Waals surface area (Å²) < 4.78 is 13.0. The molecule has 1 aromatic carbocycles. The van der Waals surface area contributed by atoms with Crippen LogP contribution in [0.5, 0.6) is 11.5 Å². The fourth-order valence-corrected chi connectivity index (χ4v) is 2.90. The van der Waals surface area contributed by atoms with Gasteiger partial charge in [0.25, 0.3) is 18.3 Å². The fraction of sp³-hybridized carbons (Fsp3) is 0.200. The quantitative estimate of drug-likeness (QED) is 0.394. The van der Waals surface area contributed by atoms with E-state index in [2.05, 4.69) is 15.7 Å². The van der Waals surface area contributed by atoms with Crippen molar-refractivity contribution in [2.24, 2.45) is 7.05 Å². The smallest absolute Gasteiger partial charge is 0.269 e. The molecule has 10 heteroatoms. The molecule has 156 valence electrons. The van der Waals surface area contributed by atoms with Gasteiger partial charge in [0.1, 0.15) is 5.69 Å². The van der Waals surface area contributed by atoms with Gasteiger partial charge in [0.15, 0.2) is 11.5 Å². The summed E-state index contributed by atoms with van der Waals surface area (Å²) in [6.45, 7) is -0.178. The minimum atomic E-state index is -0.384. The number of hydrogen-bond acceptors (Lipinski definition) is 6. The zero-order valence-corrected chi connectivity index (χ0v) is 16.7. The van der Waals surface area contributed by atoms with Gasteiger partial charge in [-0.3, -0.25) is 19.5 Å². The highest BCUT2D eigenvalue weighted by molar-refractivity contribution is 5.98. The van der Waals surface area contributed by atoms with E-state index >= 15 is 0 Å². The molecule has 2 aromatic heterocycles. The number of amides is 2. The predicted octanol–water partition coefficient (Wildman–Crippen LogP) is 0.998. The molecule has 0 atom stereocenters. The molecular formula is C20H22N5O5+. The first-order valence-electron chi connectivity index (χ1n) is 8.96. The minimum absolute atomic E-state index is 0.178. The van der Waals surface area contributed by atoms with Crippen molar-refractivity contribution in [3.63, 3.8) is 0 Å². The summed E-state index contributed by atoms with van der Waals surface area (Å²) in [7, 11) is 4.63. The SMILES string of the molecule is COc1c[n+](O)cc(OC)c1-c1ccc(NC(=O)CNC(=O)c2ccnn2C)cc1. The Morgan fingerprint density at radius 2 is 1.73 bits per heavy atom. The Kier molecular flexibility index (Phi) is 6.16. The van der Waals surface area contributed by atoms with E-state index in [1.807, 2.05) is 0 Å². The van der Waals surface area contributed by atoms with E-state index in [-0.39, 0.29) is 18.4 Å². The number of aryl methyl sites for hydroxylation is 1. The van der Waals surface area contributed by atoms with Crippen LogP contribution >= 0.6 is 0 Å². The maximum Gasteiger partial charge on any atom is 0.269 e. The van der Waals surface area contributed by atoms with Gasteiger partial charge >= 0.3 is 0 Å². The van der Waals surface area contributed by atoms with Crippen molar-refractivity contribution in [2.75, 3.05) is 26.1 Å². The molecule has 0 fully saturated rings. The number of nitrogens with zero attached hydrogens (tertiary/aromatic N) is 3. The number of benzene rings is 1. The predicted molar refractivity (Wildman–Crippen MR) is 107 cm³/mol. The lowest BCUT2D eigenvalue weighted by Crippen LogP contribution is -2.33. The van der Waals surface area contributed by atoms with Crippen molar-refractivity contribution in [3.8, 4) is 22.6 Å². The van der Waals surface area contributed by atoms with Crippen LogP contribution in [0.1, 0.15) is 10.5 Å². The first-order valence-corrected chi connectivity index (χ1v) is 8.96. The number of nitrogens with one attached hydrogen (secondary N) is 2. The molecule has 0 bridgehead atoms. The third-order valence-corrected chi connectivity index (χ3v) is 4.35. The molecular weight excluding hydrogens is 390 g/mol. The van der Waals surface area contributed by atoms with E-state index in [0.717, 1.165) is 10.3 Å². The molecule has 0 spiro atoms. The zero-order valence-electron chi connectivity index (χ0n) is 16.7. The summed E-state index contributed by atoms with van der Waals surface area (Å²) in [5, 5.41) is 18.9. The molecule has 0 radical (unpaired) electrons. The second kappa shape index (κ2) is 8.95. The first kappa shape index (κ1) is 20.6. The van der Waals surface area contributed by atoms with Crippen molar-refractivity contribution in [1.82, 2.24) is 15.1 Å². The number of pyridine rings is 1. The average Bonchev–Trinajstić information content (AvgIpc) is 3.18. The standard InChI is InChI=1S/C20H21N5O5/c1-24-15(8-9-22-24)20(27)21-10-18(26)23-14-6-4-13(5-7-14)19-16(29-2)11-25(28)12-17(19)30-3/h4-9,11-12,28H,10H2,1-3H3,(H,21,27)/p+1. The molecule has 10 nitrogen and oxygen atoms in total. The summed E-state index contributed by atoms with van der Waals surface area (Å²) in [4.78, 5) is 24.2. The number of ether oxygens (including phenoxy) is 2. The molecule has 0 aliphatic heterocycles. The van der Waals surface area contributed by atoms with Gasteiger partial charge in [-0.2, -0.15) is 5.10 Å². The van der Waals surface area contributed by atoms with Crippen LogP contribution in [0.25, 0.3) is 11.1 Å². The Hall–Kier alpha value is -4.08. The van der Waals surface area contributed by atoms with Gasteiger partial charge in [-0.05, 0) is 23.8 Å². The van der Waals surface area contributed by atoms with E-state index in [1.54, 1.807) is 37.4 Å². The van der Waals surface area contributed by atoms with Gasteiger partial charge in [-0.1, -0.05) is 12.1 Å². The number of methoxy groups -OCH3 is 2. The number of anilines is 1. The lowest BCUT2D eigenvalue weighted by molar-refractivity contribution is -0.904. The highest BCUT2D eigenvalue weighted by Gasteiger charge is 2.20. The van der Waals surface area contributed by atoms with Crippen molar-refractivity contribution in [3.05, 3.63) is 54.6 Å². The molecule has 2 amide bonds. The molecule has 0 aliphatic rings. The third kappa shape index (κ3) is 4.49. The van der Waals surface area contributed by atoms with Crippen molar-refractivity contribution >= 4 is 17.5 Å². The second-order valence-electron chi connectivity index (χ2n) is 6.30. The topological polar surface area (TPSA) is 119 Å². The van der Waals surface area contributed by atoms with Crippen LogP contribution in [0, 0.1) is 0 Å². The summed E-state index contributed by atoms with van der Waals surface area (Å²) >= 11 is 0. The number of hydrogen-bond donors (Lipinski definition) is 3. The van der Waals surface area contributed by atoms with Crippen LogP contribution in [0.2, 0.25) is 0 Å². The summed E-state index contributed by atoms with van der Waals surface area (Å²) in [5.74, 6) is 0.0948. The van der Waals surface area contributed by atoms with E-state index < -0.39 is 0 Å². The summed E-state index contributed by atoms with van der Waals surface area (Å²) in [6, 6.07) is 8.57. The first-order chi connectivity index (χ1) is 14.4. The highest BCUT2D eigenvalue weighted by Crippen LogP contribution is 2.37. The zero-order chi connectivity index (χ0) is 21.7. The van der Waals surface area contributed by atoms with Crippen LogP contribution < -0.4 is 24.8 Å². The molecule has 0 saturated heterocycles. The molecule has 0 unspecified atom stereocenters. The normalized spacial score (nSPS) is 10.4. The van der Waals surface area contributed by atoms with Gasteiger partial charge < -0.3 is 20.1 Å². The maximum absolute atomic E-state index is 12.1. The number of aromatic nitrogens is 3. The fourth-order valence-electron chi connectivity index (χ4n) is 2.90. The number of carbonyl (C=O) groups is 2. The van der Waals surface area contributed by atoms with E-state index in [9.17, 15) is 14.8 Å². The molecule has 3 rings (SSSR count). The Balaban J connectivity index is 1.67. The van der Waals surface area contributed by atoms with Gasteiger partial charge in [-0.15, -0.1) is 0 Å². The molecule has 0 saturated carbocycles. The van der Waals surface area contributed by atoms with E-state index in [1.165, 1.54) is 37.5 Å². The third-order valence-electron chi connectivity index (χ3n) is 4.35. The van der Waals surface area contributed by atoms with E-state index in [4.69, 9.17) is 9.47 Å². The Bertz CT molecular complexity index is 1040. The van der Waals surface area contributed by atoms with Gasteiger partial charge in [0.05, 0.1) is 26.3 Å². The maximum atomic E-state index is 12.1. The Morgan fingerprint density at radius 1 is 1.10 bits per heavy atom. The summed E-state index contributed by atoms with van der Waals surface area (Å²) in [5.41, 5.74) is 2.35. The van der Waals surface area contributed by atoms with Crippen molar-refractivity contribution in [2.45, 2.75) is 0 Å². The molecule has 30 heavy (non-hydrogen) atoms. The summed E-state index contributed by atoms with van der Waals surface area (Å²) in [6.07, 6.45) is 4.34. The van der Waals surface area contributed by atoms with Crippen LogP contribution in [0.15, 0.2) is 48.9 Å².